The van der Waals surface area contributed by atoms with Gasteiger partial charge in [-0.1, -0.05) is 6.07 Å². The molecule has 0 saturated heterocycles. The zero-order valence-corrected chi connectivity index (χ0v) is 8.22. The fraction of sp³-hybridized carbons (Fsp3) is 0.400. The number of aliphatic hydroxyl groups is 2. The highest BCUT2D eigenvalue weighted by Crippen LogP contribution is 2.24. The second-order valence-corrected chi connectivity index (χ2v) is 3.27. The average molecular weight is 213 g/mol. The van der Waals surface area contributed by atoms with Gasteiger partial charge in [0.05, 0.1) is 19.3 Å². The second-order valence-electron chi connectivity index (χ2n) is 3.27. The van der Waals surface area contributed by atoms with Gasteiger partial charge < -0.3 is 25.7 Å². The third kappa shape index (κ3) is 3.39. The summed E-state index contributed by atoms with van der Waals surface area (Å²) >= 11 is 0. The van der Waals surface area contributed by atoms with Crippen LogP contribution in [0, 0.1) is 0 Å². The summed E-state index contributed by atoms with van der Waals surface area (Å²) in [5.74, 6) is -0.349. The molecule has 15 heavy (non-hydrogen) atoms. The maximum absolute atomic E-state index is 9.20. The number of hydrogen-bond acceptors (Lipinski definition) is 5. The van der Waals surface area contributed by atoms with E-state index in [1.807, 2.05) is 0 Å². The van der Waals surface area contributed by atoms with Crippen LogP contribution in [0.3, 0.4) is 0 Å². The lowest BCUT2D eigenvalue weighted by Gasteiger charge is -2.13. The fourth-order valence-electron chi connectivity index (χ4n) is 1.13. The summed E-state index contributed by atoms with van der Waals surface area (Å²) < 4.78 is 0. The van der Waals surface area contributed by atoms with E-state index in [0.717, 1.165) is 5.56 Å². The van der Waals surface area contributed by atoms with Crippen molar-refractivity contribution >= 4 is 0 Å². The van der Waals surface area contributed by atoms with E-state index in [2.05, 4.69) is 5.32 Å². The summed E-state index contributed by atoms with van der Waals surface area (Å²) in [6.45, 7) is 0.0980. The predicted molar refractivity (Wildman–Crippen MR) is 54.6 cm³/mol. The van der Waals surface area contributed by atoms with Gasteiger partial charge in [0, 0.05) is 6.54 Å². The lowest BCUT2D eigenvalue weighted by Crippen LogP contribution is -2.35. The molecule has 0 bridgehead atoms. The molecule has 0 aliphatic rings. The van der Waals surface area contributed by atoms with Crippen molar-refractivity contribution in [1.82, 2.24) is 5.32 Å². The van der Waals surface area contributed by atoms with Gasteiger partial charge in [-0.25, -0.2) is 0 Å². The van der Waals surface area contributed by atoms with Crippen LogP contribution < -0.4 is 5.32 Å². The van der Waals surface area contributed by atoms with Crippen LogP contribution in [0.25, 0.3) is 0 Å². The van der Waals surface area contributed by atoms with E-state index in [0.29, 0.717) is 6.54 Å². The summed E-state index contributed by atoms with van der Waals surface area (Å²) in [4.78, 5) is 0. The molecule has 0 saturated carbocycles. The molecule has 0 unspecified atom stereocenters. The lowest BCUT2D eigenvalue weighted by atomic mass is 10.2. The van der Waals surface area contributed by atoms with Crippen molar-refractivity contribution in [2.75, 3.05) is 13.2 Å². The van der Waals surface area contributed by atoms with Crippen molar-refractivity contribution in [3.63, 3.8) is 0 Å². The zero-order chi connectivity index (χ0) is 11.3. The van der Waals surface area contributed by atoms with Gasteiger partial charge in [0.2, 0.25) is 0 Å². The molecule has 0 fully saturated rings. The van der Waals surface area contributed by atoms with Crippen molar-refractivity contribution in [2.45, 2.75) is 12.6 Å². The molecule has 0 atom stereocenters. The number of phenolic OH excluding ortho intramolecular Hbond substituents is 2. The fourth-order valence-corrected chi connectivity index (χ4v) is 1.13. The second kappa shape index (κ2) is 5.55. The van der Waals surface area contributed by atoms with Gasteiger partial charge >= 0.3 is 0 Å². The van der Waals surface area contributed by atoms with Gasteiger partial charge in [0.1, 0.15) is 0 Å². The first-order chi connectivity index (χ1) is 7.17. The third-order valence-electron chi connectivity index (χ3n) is 2.08. The van der Waals surface area contributed by atoms with Crippen molar-refractivity contribution < 1.29 is 20.4 Å². The Labute approximate surface area is 87.6 Å². The highest BCUT2D eigenvalue weighted by molar-refractivity contribution is 5.40. The van der Waals surface area contributed by atoms with Gasteiger partial charge in [0.15, 0.2) is 11.5 Å². The molecule has 84 valence electrons. The molecule has 5 N–H and O–H groups in total. The Morgan fingerprint density at radius 1 is 1.07 bits per heavy atom. The van der Waals surface area contributed by atoms with Crippen LogP contribution in [0.15, 0.2) is 18.2 Å². The molecule has 0 amide bonds. The summed E-state index contributed by atoms with van der Waals surface area (Å²) in [6.07, 6.45) is 0. The first-order valence-electron chi connectivity index (χ1n) is 4.63. The Kier molecular flexibility index (Phi) is 4.36. The lowest BCUT2D eigenvalue weighted by molar-refractivity contribution is 0.170. The number of aliphatic hydroxyl groups excluding tert-OH is 2. The van der Waals surface area contributed by atoms with Crippen molar-refractivity contribution in [1.29, 1.82) is 0 Å². The van der Waals surface area contributed by atoms with Crippen molar-refractivity contribution in [3.8, 4) is 11.5 Å². The van der Waals surface area contributed by atoms with Crippen LogP contribution in [0.2, 0.25) is 0 Å². The normalized spacial score (nSPS) is 10.9. The van der Waals surface area contributed by atoms with Crippen LogP contribution in [-0.2, 0) is 6.54 Å². The summed E-state index contributed by atoms with van der Waals surface area (Å²) in [7, 11) is 0. The van der Waals surface area contributed by atoms with E-state index in [-0.39, 0.29) is 30.8 Å². The smallest absolute Gasteiger partial charge is 0.157 e. The highest BCUT2D eigenvalue weighted by atomic mass is 16.3. The first kappa shape index (κ1) is 11.8. The molecule has 0 radical (unpaired) electrons. The van der Waals surface area contributed by atoms with E-state index in [1.165, 1.54) is 12.1 Å². The Hall–Kier alpha value is -1.30. The number of aromatic hydroxyl groups is 2. The number of benzene rings is 1. The minimum atomic E-state index is -0.374. The molecule has 5 heteroatoms. The van der Waals surface area contributed by atoms with E-state index in [9.17, 15) is 5.11 Å². The van der Waals surface area contributed by atoms with Gasteiger partial charge in [0.25, 0.3) is 0 Å². The molecule has 0 aliphatic heterocycles. The van der Waals surface area contributed by atoms with E-state index in [1.54, 1.807) is 6.07 Å². The summed E-state index contributed by atoms with van der Waals surface area (Å²) in [5.41, 5.74) is 0.761. The Bertz CT molecular complexity index is 312. The topological polar surface area (TPSA) is 93.0 Å². The standard InChI is InChI=1S/C10H15NO4/c12-5-8(6-13)11-4-7-1-2-9(14)10(15)3-7/h1-3,8,11-15H,4-6H2. The highest BCUT2D eigenvalue weighted by Gasteiger charge is 2.05. The monoisotopic (exact) mass is 213 g/mol. The number of hydrogen-bond donors (Lipinski definition) is 5. The SMILES string of the molecule is OCC(CO)NCc1ccc(O)c(O)c1. The molecular weight excluding hydrogens is 198 g/mol. The van der Waals surface area contributed by atoms with Crippen LogP contribution in [-0.4, -0.2) is 39.7 Å². The molecule has 0 aliphatic carbocycles. The zero-order valence-electron chi connectivity index (χ0n) is 8.22. The molecule has 1 aromatic rings. The number of phenols is 2. The predicted octanol–water partition coefficient (Wildman–Crippen LogP) is -0.459. The quantitative estimate of drug-likeness (QED) is 0.427. The molecule has 0 spiro atoms. The molecule has 0 aromatic heterocycles. The third-order valence-corrected chi connectivity index (χ3v) is 2.08. The Balaban J connectivity index is 2.54. The van der Waals surface area contributed by atoms with Gasteiger partial charge in [-0.2, -0.15) is 0 Å². The van der Waals surface area contributed by atoms with E-state index >= 15 is 0 Å². The average Bonchev–Trinajstić information content (AvgIpc) is 2.24. The maximum Gasteiger partial charge on any atom is 0.157 e. The number of nitrogens with one attached hydrogen (secondary N) is 1. The Morgan fingerprint density at radius 2 is 1.73 bits per heavy atom. The van der Waals surface area contributed by atoms with Crippen LogP contribution in [0.5, 0.6) is 11.5 Å². The minimum absolute atomic E-state index is 0.152. The summed E-state index contributed by atoms with van der Waals surface area (Å²) in [5, 5.41) is 38.7. The van der Waals surface area contributed by atoms with E-state index < -0.39 is 0 Å². The molecule has 1 rings (SSSR count). The van der Waals surface area contributed by atoms with Crippen LogP contribution in [0.1, 0.15) is 5.56 Å². The van der Waals surface area contributed by atoms with Gasteiger partial charge in [-0.05, 0) is 17.7 Å². The first-order valence-corrected chi connectivity index (χ1v) is 4.63. The van der Waals surface area contributed by atoms with Crippen molar-refractivity contribution in [2.24, 2.45) is 0 Å². The van der Waals surface area contributed by atoms with Crippen molar-refractivity contribution in [3.05, 3.63) is 23.8 Å². The Morgan fingerprint density at radius 3 is 2.27 bits per heavy atom. The van der Waals surface area contributed by atoms with Gasteiger partial charge in [-0.15, -0.1) is 0 Å². The maximum atomic E-state index is 9.20. The minimum Gasteiger partial charge on any atom is -0.504 e. The van der Waals surface area contributed by atoms with Crippen LogP contribution >= 0.6 is 0 Å². The molecule has 1 aromatic carbocycles. The molecule has 0 heterocycles. The molecule has 5 nitrogen and oxygen atoms in total. The summed E-state index contributed by atoms with van der Waals surface area (Å²) in [6, 6.07) is 4.09. The van der Waals surface area contributed by atoms with Crippen LogP contribution in [0.4, 0.5) is 0 Å². The largest absolute Gasteiger partial charge is 0.504 e. The number of rotatable bonds is 5. The van der Waals surface area contributed by atoms with Gasteiger partial charge in [-0.3, -0.25) is 0 Å². The van der Waals surface area contributed by atoms with E-state index in [4.69, 9.17) is 15.3 Å². The molecular formula is C10H15NO4.